The molecule has 1 unspecified atom stereocenters. The minimum absolute atomic E-state index is 0.145. The highest BCUT2D eigenvalue weighted by Crippen LogP contribution is 2.30. The lowest BCUT2D eigenvalue weighted by Gasteiger charge is -2.23. The Morgan fingerprint density at radius 1 is 1.48 bits per heavy atom. The van der Waals surface area contributed by atoms with E-state index in [-0.39, 0.29) is 11.5 Å². The van der Waals surface area contributed by atoms with Crippen molar-refractivity contribution in [1.29, 1.82) is 0 Å². The lowest BCUT2D eigenvalue weighted by molar-refractivity contribution is -0.146. The number of rotatable bonds is 4. The maximum absolute atomic E-state index is 12.8. The highest BCUT2D eigenvalue weighted by atomic mass is 35.5. The third-order valence-corrected chi connectivity index (χ3v) is 6.03. The fourth-order valence-electron chi connectivity index (χ4n) is 2.50. The molecule has 0 aromatic heterocycles. The van der Waals surface area contributed by atoms with Crippen molar-refractivity contribution >= 4 is 27.6 Å². The highest BCUT2D eigenvalue weighted by Gasteiger charge is 2.40. The fraction of sp³-hybridized carbons (Fsp3) is 0.500. The summed E-state index contributed by atoms with van der Waals surface area (Å²) in [6, 6.07) is 4.01. The van der Waals surface area contributed by atoms with Gasteiger partial charge in [-0.25, -0.2) is 8.42 Å². The molecule has 1 aliphatic heterocycles. The summed E-state index contributed by atoms with van der Waals surface area (Å²) in [6.45, 7) is 3.91. The number of carbonyl (C=O) groups is 1. The number of esters is 1. The van der Waals surface area contributed by atoms with E-state index < -0.39 is 22.0 Å². The molecule has 1 aromatic rings. The van der Waals surface area contributed by atoms with Crippen molar-refractivity contribution in [2.45, 2.75) is 37.6 Å². The van der Waals surface area contributed by atoms with Gasteiger partial charge in [0.2, 0.25) is 10.0 Å². The van der Waals surface area contributed by atoms with E-state index in [4.69, 9.17) is 16.3 Å². The van der Waals surface area contributed by atoms with Crippen LogP contribution in [0.2, 0.25) is 5.02 Å². The Hall–Kier alpha value is -1.11. The quantitative estimate of drug-likeness (QED) is 0.794. The van der Waals surface area contributed by atoms with Crippen molar-refractivity contribution in [1.82, 2.24) is 4.31 Å². The molecule has 0 bridgehead atoms. The molecule has 1 fully saturated rings. The van der Waals surface area contributed by atoms with Crippen LogP contribution in [-0.2, 0) is 19.6 Å². The van der Waals surface area contributed by atoms with Crippen LogP contribution in [0.4, 0.5) is 0 Å². The van der Waals surface area contributed by atoms with E-state index in [2.05, 4.69) is 0 Å². The summed E-state index contributed by atoms with van der Waals surface area (Å²) in [6.07, 6.45) is 1.13. The molecule has 0 aliphatic carbocycles. The Morgan fingerprint density at radius 3 is 2.86 bits per heavy atom. The summed E-state index contributed by atoms with van der Waals surface area (Å²) >= 11 is 6.00. The minimum atomic E-state index is -3.76. The number of hydrogen-bond donors (Lipinski definition) is 0. The summed E-state index contributed by atoms with van der Waals surface area (Å²) in [5, 5.41) is 0.392. The average Bonchev–Trinajstić information content (AvgIpc) is 2.92. The van der Waals surface area contributed by atoms with E-state index in [1.807, 2.05) is 0 Å². The molecule has 21 heavy (non-hydrogen) atoms. The van der Waals surface area contributed by atoms with Crippen LogP contribution in [0.3, 0.4) is 0 Å². The van der Waals surface area contributed by atoms with Crippen LogP contribution < -0.4 is 0 Å². The predicted molar refractivity (Wildman–Crippen MR) is 79.7 cm³/mol. The van der Waals surface area contributed by atoms with Gasteiger partial charge in [0.05, 0.1) is 11.5 Å². The lowest BCUT2D eigenvalue weighted by atomic mass is 10.2. The second-order valence-electron chi connectivity index (χ2n) is 4.89. The predicted octanol–water partition coefficient (Wildman–Crippen LogP) is 2.36. The molecule has 0 radical (unpaired) electrons. The van der Waals surface area contributed by atoms with Crippen molar-refractivity contribution < 1.29 is 17.9 Å². The van der Waals surface area contributed by atoms with E-state index in [0.29, 0.717) is 30.0 Å². The van der Waals surface area contributed by atoms with Gasteiger partial charge in [-0.1, -0.05) is 17.7 Å². The smallest absolute Gasteiger partial charge is 0.324 e. The number of ether oxygens (including phenoxy) is 1. The van der Waals surface area contributed by atoms with Gasteiger partial charge in [-0.15, -0.1) is 0 Å². The van der Waals surface area contributed by atoms with Crippen molar-refractivity contribution in [3.63, 3.8) is 0 Å². The molecule has 1 heterocycles. The third kappa shape index (κ3) is 3.07. The number of nitrogens with zero attached hydrogens (tertiary/aromatic N) is 1. The first-order valence-corrected chi connectivity index (χ1v) is 8.65. The van der Waals surface area contributed by atoms with Gasteiger partial charge in [0, 0.05) is 11.6 Å². The van der Waals surface area contributed by atoms with Crippen LogP contribution >= 0.6 is 11.6 Å². The Kier molecular flexibility index (Phi) is 4.91. The normalized spacial score (nSPS) is 19.7. The molecule has 1 saturated heterocycles. The van der Waals surface area contributed by atoms with Crippen molar-refractivity contribution in [3.05, 3.63) is 28.8 Å². The van der Waals surface area contributed by atoms with E-state index in [1.165, 1.54) is 10.4 Å². The van der Waals surface area contributed by atoms with Crippen LogP contribution in [0.1, 0.15) is 25.3 Å². The first kappa shape index (κ1) is 16.3. The van der Waals surface area contributed by atoms with Crippen LogP contribution in [0.5, 0.6) is 0 Å². The lowest BCUT2D eigenvalue weighted by Crippen LogP contribution is -2.41. The molecule has 0 saturated carbocycles. The van der Waals surface area contributed by atoms with Crippen LogP contribution in [0, 0.1) is 6.92 Å². The largest absolute Gasteiger partial charge is 0.465 e. The van der Waals surface area contributed by atoms with Crippen molar-refractivity contribution in [2.75, 3.05) is 13.2 Å². The summed E-state index contributed by atoms with van der Waals surface area (Å²) in [4.78, 5) is 12.1. The zero-order valence-corrected chi connectivity index (χ0v) is 13.6. The Labute approximate surface area is 129 Å². The van der Waals surface area contributed by atoms with E-state index in [1.54, 1.807) is 26.0 Å². The maximum Gasteiger partial charge on any atom is 0.324 e. The van der Waals surface area contributed by atoms with E-state index in [0.717, 1.165) is 0 Å². The monoisotopic (exact) mass is 331 g/mol. The Morgan fingerprint density at radius 2 is 2.19 bits per heavy atom. The third-order valence-electron chi connectivity index (χ3n) is 3.57. The van der Waals surface area contributed by atoms with Gasteiger partial charge in [-0.3, -0.25) is 4.79 Å². The molecule has 1 aliphatic rings. The fourth-order valence-corrected chi connectivity index (χ4v) is 4.62. The number of hydrogen-bond acceptors (Lipinski definition) is 4. The van der Waals surface area contributed by atoms with Gasteiger partial charge in [-0.2, -0.15) is 4.31 Å². The SMILES string of the molecule is CCOC(=O)C1CCCN1S(=O)(=O)c1cccc(Cl)c1C. The molecule has 0 N–H and O–H groups in total. The molecular weight excluding hydrogens is 314 g/mol. The molecule has 0 spiro atoms. The number of benzene rings is 1. The second kappa shape index (κ2) is 6.34. The topological polar surface area (TPSA) is 63.7 Å². The Bertz CT molecular complexity index is 644. The first-order valence-electron chi connectivity index (χ1n) is 6.83. The van der Waals surface area contributed by atoms with Gasteiger partial charge in [0.25, 0.3) is 0 Å². The summed E-state index contributed by atoms with van der Waals surface area (Å²) < 4.78 is 31.8. The number of carbonyl (C=O) groups excluding carboxylic acids is 1. The van der Waals surface area contributed by atoms with Crippen LogP contribution in [-0.4, -0.2) is 37.9 Å². The molecule has 1 aromatic carbocycles. The van der Waals surface area contributed by atoms with Gasteiger partial charge in [0.15, 0.2) is 0 Å². The molecule has 5 nitrogen and oxygen atoms in total. The molecule has 1 atom stereocenters. The van der Waals surface area contributed by atoms with Crippen LogP contribution in [0.15, 0.2) is 23.1 Å². The minimum Gasteiger partial charge on any atom is -0.465 e. The zero-order valence-electron chi connectivity index (χ0n) is 12.0. The van der Waals surface area contributed by atoms with Crippen LogP contribution in [0.25, 0.3) is 0 Å². The first-order chi connectivity index (χ1) is 9.89. The van der Waals surface area contributed by atoms with E-state index >= 15 is 0 Å². The zero-order chi connectivity index (χ0) is 15.6. The van der Waals surface area contributed by atoms with Crippen molar-refractivity contribution in [3.8, 4) is 0 Å². The van der Waals surface area contributed by atoms with Gasteiger partial charge < -0.3 is 4.74 Å². The van der Waals surface area contributed by atoms with Crippen molar-refractivity contribution in [2.24, 2.45) is 0 Å². The molecular formula is C14H18ClNO4S. The molecule has 116 valence electrons. The summed E-state index contributed by atoms with van der Waals surface area (Å²) in [5.41, 5.74) is 0.494. The molecule has 2 rings (SSSR count). The summed E-state index contributed by atoms with van der Waals surface area (Å²) in [5.74, 6) is -0.488. The van der Waals surface area contributed by atoms with Gasteiger partial charge >= 0.3 is 5.97 Å². The Balaban J connectivity index is 2.39. The second-order valence-corrected chi connectivity index (χ2v) is 7.15. The highest BCUT2D eigenvalue weighted by molar-refractivity contribution is 7.89. The number of sulfonamides is 1. The van der Waals surface area contributed by atoms with Gasteiger partial charge in [-0.05, 0) is 44.4 Å². The van der Waals surface area contributed by atoms with Gasteiger partial charge in [0.1, 0.15) is 6.04 Å². The van der Waals surface area contributed by atoms with E-state index in [9.17, 15) is 13.2 Å². The standard InChI is InChI=1S/C14H18ClNO4S/c1-3-20-14(17)12-7-5-9-16(12)21(18,19)13-8-4-6-11(15)10(13)2/h4,6,8,12H,3,5,7,9H2,1-2H3. The molecule has 0 amide bonds. The number of halogens is 1. The summed E-state index contributed by atoms with van der Waals surface area (Å²) in [7, 11) is -3.76. The maximum atomic E-state index is 12.8. The molecule has 7 heteroatoms. The average molecular weight is 332 g/mol.